The Kier molecular flexibility index (Phi) is 4.93. The van der Waals surface area contributed by atoms with E-state index in [1.54, 1.807) is 0 Å². The van der Waals surface area contributed by atoms with Crippen molar-refractivity contribution in [3.63, 3.8) is 0 Å². The Morgan fingerprint density at radius 2 is 1.63 bits per heavy atom. The SMILES string of the molecule is CCOC(=O)C(C)=C(C)c1ccc(C(C)(C)C)cc1. The third-order valence-electron chi connectivity index (χ3n) is 3.33. The fraction of sp³-hybridized carbons (Fsp3) is 0.471. The number of carbonyl (C=O) groups is 1. The second-order valence-corrected chi connectivity index (χ2v) is 5.80. The van der Waals surface area contributed by atoms with E-state index >= 15 is 0 Å². The van der Waals surface area contributed by atoms with Crippen molar-refractivity contribution in [3.8, 4) is 0 Å². The van der Waals surface area contributed by atoms with E-state index in [4.69, 9.17) is 4.74 Å². The van der Waals surface area contributed by atoms with Gasteiger partial charge in [0.05, 0.1) is 6.61 Å². The molecule has 0 heterocycles. The Labute approximate surface area is 116 Å². The van der Waals surface area contributed by atoms with E-state index in [0.717, 1.165) is 11.1 Å². The lowest BCUT2D eigenvalue weighted by atomic mass is 9.86. The summed E-state index contributed by atoms with van der Waals surface area (Å²) in [5.41, 5.74) is 4.15. The average Bonchev–Trinajstić information content (AvgIpc) is 2.36. The quantitative estimate of drug-likeness (QED) is 0.597. The van der Waals surface area contributed by atoms with Gasteiger partial charge in [-0.15, -0.1) is 0 Å². The van der Waals surface area contributed by atoms with Crippen molar-refractivity contribution in [2.24, 2.45) is 0 Å². The molecule has 1 rings (SSSR count). The van der Waals surface area contributed by atoms with Gasteiger partial charge in [0.2, 0.25) is 0 Å². The molecule has 0 saturated carbocycles. The number of hydrogen-bond donors (Lipinski definition) is 0. The number of ether oxygens (including phenoxy) is 1. The highest BCUT2D eigenvalue weighted by Gasteiger charge is 2.14. The summed E-state index contributed by atoms with van der Waals surface area (Å²) < 4.78 is 5.03. The number of hydrogen-bond acceptors (Lipinski definition) is 2. The van der Waals surface area contributed by atoms with Crippen LogP contribution in [0.4, 0.5) is 0 Å². The number of allylic oxidation sites excluding steroid dienone is 1. The summed E-state index contributed by atoms with van der Waals surface area (Å²) in [6.45, 7) is 12.6. The standard InChI is InChI=1S/C17H24O2/c1-7-19-16(18)13(3)12(2)14-8-10-15(11-9-14)17(4,5)6/h8-11H,7H2,1-6H3. The molecule has 104 valence electrons. The number of carbonyl (C=O) groups excluding carboxylic acids is 1. The molecular weight excluding hydrogens is 236 g/mol. The first-order valence-electron chi connectivity index (χ1n) is 6.73. The summed E-state index contributed by atoms with van der Waals surface area (Å²) in [6, 6.07) is 8.38. The Morgan fingerprint density at radius 1 is 1.11 bits per heavy atom. The molecule has 19 heavy (non-hydrogen) atoms. The van der Waals surface area contributed by atoms with Gasteiger partial charge < -0.3 is 4.74 Å². The topological polar surface area (TPSA) is 26.3 Å². The molecule has 0 radical (unpaired) electrons. The van der Waals surface area contributed by atoms with E-state index in [2.05, 4.69) is 45.0 Å². The molecule has 0 N–H and O–H groups in total. The molecule has 0 aliphatic carbocycles. The van der Waals surface area contributed by atoms with Gasteiger partial charge in [-0.3, -0.25) is 0 Å². The van der Waals surface area contributed by atoms with Crippen molar-refractivity contribution >= 4 is 11.5 Å². The van der Waals surface area contributed by atoms with Crippen LogP contribution in [-0.2, 0) is 14.9 Å². The van der Waals surface area contributed by atoms with Crippen molar-refractivity contribution in [3.05, 3.63) is 41.0 Å². The summed E-state index contributed by atoms with van der Waals surface area (Å²) in [4.78, 5) is 11.7. The van der Waals surface area contributed by atoms with E-state index in [1.807, 2.05) is 20.8 Å². The molecule has 0 unspecified atom stereocenters. The van der Waals surface area contributed by atoms with E-state index in [9.17, 15) is 4.79 Å². The Balaban J connectivity index is 3.04. The molecule has 0 spiro atoms. The van der Waals surface area contributed by atoms with Crippen molar-refractivity contribution in [2.75, 3.05) is 6.61 Å². The fourth-order valence-electron chi connectivity index (χ4n) is 1.83. The number of esters is 1. The molecule has 0 aliphatic heterocycles. The fourth-order valence-corrected chi connectivity index (χ4v) is 1.83. The van der Waals surface area contributed by atoms with Gasteiger partial charge in [-0.05, 0) is 42.9 Å². The summed E-state index contributed by atoms with van der Waals surface area (Å²) in [5.74, 6) is -0.236. The van der Waals surface area contributed by atoms with Gasteiger partial charge in [-0.1, -0.05) is 45.0 Å². The zero-order chi connectivity index (χ0) is 14.6. The maximum absolute atomic E-state index is 11.7. The third kappa shape index (κ3) is 3.95. The average molecular weight is 260 g/mol. The first kappa shape index (κ1) is 15.5. The third-order valence-corrected chi connectivity index (χ3v) is 3.33. The van der Waals surface area contributed by atoms with E-state index in [1.165, 1.54) is 5.56 Å². The summed E-state index contributed by atoms with van der Waals surface area (Å²) in [6.07, 6.45) is 0. The molecule has 0 bridgehead atoms. The van der Waals surface area contributed by atoms with Crippen LogP contribution in [0.2, 0.25) is 0 Å². The molecule has 1 aromatic rings. The van der Waals surface area contributed by atoms with Crippen LogP contribution >= 0.6 is 0 Å². The highest BCUT2D eigenvalue weighted by Crippen LogP contribution is 2.25. The van der Waals surface area contributed by atoms with E-state index in [0.29, 0.717) is 12.2 Å². The van der Waals surface area contributed by atoms with Crippen LogP contribution in [0.25, 0.3) is 5.57 Å². The second kappa shape index (κ2) is 6.05. The Morgan fingerprint density at radius 3 is 2.05 bits per heavy atom. The second-order valence-electron chi connectivity index (χ2n) is 5.80. The first-order chi connectivity index (χ1) is 8.77. The van der Waals surface area contributed by atoms with Crippen molar-refractivity contribution < 1.29 is 9.53 Å². The van der Waals surface area contributed by atoms with Gasteiger partial charge in [0, 0.05) is 5.57 Å². The lowest BCUT2D eigenvalue weighted by Crippen LogP contribution is -2.11. The molecule has 0 atom stereocenters. The van der Waals surface area contributed by atoms with E-state index in [-0.39, 0.29) is 11.4 Å². The largest absolute Gasteiger partial charge is 0.463 e. The molecule has 0 saturated heterocycles. The minimum Gasteiger partial charge on any atom is -0.463 e. The zero-order valence-corrected chi connectivity index (χ0v) is 12.8. The van der Waals surface area contributed by atoms with Crippen LogP contribution in [0.3, 0.4) is 0 Å². The number of rotatable bonds is 3. The smallest absolute Gasteiger partial charge is 0.333 e. The van der Waals surface area contributed by atoms with Gasteiger partial charge in [0.25, 0.3) is 0 Å². The molecule has 0 aromatic heterocycles. The van der Waals surface area contributed by atoms with Crippen LogP contribution < -0.4 is 0 Å². The molecule has 0 fully saturated rings. The zero-order valence-electron chi connectivity index (χ0n) is 12.8. The van der Waals surface area contributed by atoms with Gasteiger partial charge in [0.15, 0.2) is 0 Å². The summed E-state index contributed by atoms with van der Waals surface area (Å²) in [7, 11) is 0. The predicted molar refractivity (Wildman–Crippen MR) is 80.0 cm³/mol. The minimum absolute atomic E-state index is 0.145. The predicted octanol–water partition coefficient (Wildman–Crippen LogP) is 4.34. The lowest BCUT2D eigenvalue weighted by molar-refractivity contribution is -0.138. The van der Waals surface area contributed by atoms with Crippen LogP contribution in [0, 0.1) is 0 Å². The summed E-state index contributed by atoms with van der Waals surface area (Å²) >= 11 is 0. The minimum atomic E-state index is -0.236. The van der Waals surface area contributed by atoms with Crippen LogP contribution in [0.5, 0.6) is 0 Å². The van der Waals surface area contributed by atoms with Gasteiger partial charge in [0.1, 0.15) is 0 Å². The van der Waals surface area contributed by atoms with Crippen molar-refractivity contribution in [1.29, 1.82) is 0 Å². The first-order valence-corrected chi connectivity index (χ1v) is 6.73. The Bertz CT molecular complexity index is 473. The van der Waals surface area contributed by atoms with E-state index < -0.39 is 0 Å². The Hall–Kier alpha value is -1.57. The van der Waals surface area contributed by atoms with Crippen molar-refractivity contribution in [1.82, 2.24) is 0 Å². The normalized spacial score (nSPS) is 12.9. The molecule has 1 aromatic carbocycles. The molecule has 0 aliphatic rings. The molecular formula is C17H24O2. The molecule has 2 nitrogen and oxygen atoms in total. The maximum atomic E-state index is 11.7. The van der Waals surface area contributed by atoms with Crippen LogP contribution in [0.15, 0.2) is 29.8 Å². The van der Waals surface area contributed by atoms with Crippen LogP contribution in [0.1, 0.15) is 52.7 Å². The highest BCUT2D eigenvalue weighted by molar-refractivity contribution is 5.96. The highest BCUT2D eigenvalue weighted by atomic mass is 16.5. The molecule has 0 amide bonds. The van der Waals surface area contributed by atoms with Gasteiger partial charge >= 0.3 is 5.97 Å². The summed E-state index contributed by atoms with van der Waals surface area (Å²) in [5, 5.41) is 0. The lowest BCUT2D eigenvalue weighted by Gasteiger charge is -2.19. The monoisotopic (exact) mass is 260 g/mol. The van der Waals surface area contributed by atoms with Gasteiger partial charge in [-0.25, -0.2) is 4.79 Å². The van der Waals surface area contributed by atoms with Crippen LogP contribution in [-0.4, -0.2) is 12.6 Å². The van der Waals surface area contributed by atoms with Gasteiger partial charge in [-0.2, -0.15) is 0 Å². The molecule has 2 heteroatoms. The number of benzene rings is 1. The van der Waals surface area contributed by atoms with Crippen molar-refractivity contribution in [2.45, 2.75) is 47.0 Å². The maximum Gasteiger partial charge on any atom is 0.333 e.